The Hall–Kier alpha value is -3.47. The van der Waals surface area contributed by atoms with Crippen molar-refractivity contribution in [3.63, 3.8) is 0 Å². The van der Waals surface area contributed by atoms with Gasteiger partial charge in [0.05, 0.1) is 11.4 Å². The summed E-state index contributed by atoms with van der Waals surface area (Å²) in [6, 6.07) is 10.4. The number of anilines is 1. The second kappa shape index (κ2) is 6.34. The fourth-order valence-corrected chi connectivity index (χ4v) is 2.29. The highest BCUT2D eigenvalue weighted by molar-refractivity contribution is 5.92. The Kier molecular flexibility index (Phi) is 4.07. The Morgan fingerprint density at radius 2 is 2.12 bits per heavy atom. The van der Waals surface area contributed by atoms with Crippen molar-refractivity contribution < 1.29 is 9.18 Å². The molecular weight excluding hydrogens is 311 g/mol. The summed E-state index contributed by atoms with van der Waals surface area (Å²) in [5, 5.41) is 20.3. The number of carbonyl (C=O) groups is 1. The fourth-order valence-electron chi connectivity index (χ4n) is 2.29. The Morgan fingerprint density at radius 3 is 2.83 bits per heavy atom. The highest BCUT2D eigenvalue weighted by Gasteiger charge is 2.17. The molecule has 0 saturated carbocycles. The van der Waals surface area contributed by atoms with Gasteiger partial charge in [-0.2, -0.15) is 10.4 Å². The first-order valence-electron chi connectivity index (χ1n) is 7.15. The number of H-pyrrole nitrogens is 1. The number of nitrogens with one attached hydrogen (secondary N) is 3. The maximum absolute atomic E-state index is 14.4. The number of nitrogens with zero attached hydrogens (tertiary/aromatic N) is 3. The van der Waals surface area contributed by atoms with Crippen LogP contribution in [0.1, 0.15) is 24.2 Å². The molecule has 8 heteroatoms. The Morgan fingerprint density at radius 1 is 1.38 bits per heavy atom. The van der Waals surface area contributed by atoms with Crippen LogP contribution in [-0.4, -0.2) is 21.2 Å². The fraction of sp³-hybridized carbons (Fsp3) is 0.125. The molecule has 1 aromatic carbocycles. The molecule has 0 aliphatic rings. The molecule has 0 radical (unpaired) electrons. The molecule has 2 heterocycles. The van der Waals surface area contributed by atoms with Crippen molar-refractivity contribution in [2.24, 2.45) is 0 Å². The lowest BCUT2D eigenvalue weighted by molar-refractivity contribution is 0.249. The van der Waals surface area contributed by atoms with E-state index in [9.17, 15) is 9.18 Å². The number of aromatic nitrogens is 3. The number of nitriles is 1. The summed E-state index contributed by atoms with van der Waals surface area (Å²) in [6.07, 6.45) is 1.29. The number of fused-ring (bicyclic) bond motifs is 1. The summed E-state index contributed by atoms with van der Waals surface area (Å²) in [6.45, 7) is 1.82. The van der Waals surface area contributed by atoms with Gasteiger partial charge in [-0.1, -0.05) is 30.3 Å². The van der Waals surface area contributed by atoms with E-state index in [1.165, 1.54) is 6.20 Å². The first-order chi connectivity index (χ1) is 11.6. The van der Waals surface area contributed by atoms with E-state index < -0.39 is 11.8 Å². The molecule has 1 unspecified atom stereocenters. The lowest BCUT2D eigenvalue weighted by Gasteiger charge is -2.15. The third-order valence-corrected chi connectivity index (χ3v) is 3.54. The monoisotopic (exact) mass is 324 g/mol. The normalized spacial score (nSPS) is 11.7. The van der Waals surface area contributed by atoms with Crippen LogP contribution in [0.5, 0.6) is 0 Å². The van der Waals surface area contributed by atoms with Crippen molar-refractivity contribution in [3.05, 3.63) is 53.6 Å². The molecule has 3 rings (SSSR count). The molecule has 0 aliphatic heterocycles. The van der Waals surface area contributed by atoms with E-state index in [4.69, 9.17) is 5.26 Å². The minimum Gasteiger partial charge on any atom is -0.331 e. The minimum atomic E-state index is -0.774. The zero-order valence-electron chi connectivity index (χ0n) is 12.7. The van der Waals surface area contributed by atoms with Crippen molar-refractivity contribution in [1.29, 1.82) is 5.26 Å². The molecule has 2 amide bonds. The van der Waals surface area contributed by atoms with Crippen LogP contribution in [0.2, 0.25) is 0 Å². The van der Waals surface area contributed by atoms with E-state index >= 15 is 0 Å². The lowest BCUT2D eigenvalue weighted by atomic mass is 10.1. The number of carbonyl (C=O) groups excluding carboxylic acids is 1. The highest BCUT2D eigenvalue weighted by atomic mass is 19.1. The first kappa shape index (κ1) is 15.4. The molecular formula is C16H13FN6O. The number of halogens is 1. The topological polar surface area (TPSA) is 106 Å². The number of hydrogen-bond donors (Lipinski definition) is 3. The van der Waals surface area contributed by atoms with Gasteiger partial charge in [-0.05, 0) is 12.5 Å². The van der Waals surface area contributed by atoms with Crippen molar-refractivity contribution in [2.75, 3.05) is 5.32 Å². The van der Waals surface area contributed by atoms with Crippen molar-refractivity contribution >= 4 is 22.8 Å². The molecule has 120 valence electrons. The van der Waals surface area contributed by atoms with Crippen LogP contribution in [0, 0.1) is 17.1 Å². The van der Waals surface area contributed by atoms with Crippen LogP contribution in [-0.2, 0) is 0 Å². The molecule has 7 nitrogen and oxygen atoms in total. The maximum atomic E-state index is 14.4. The van der Waals surface area contributed by atoms with Crippen molar-refractivity contribution in [3.8, 4) is 6.07 Å². The first-order valence-corrected chi connectivity index (χ1v) is 7.15. The van der Waals surface area contributed by atoms with Gasteiger partial charge >= 0.3 is 6.03 Å². The molecule has 3 N–H and O–H groups in total. The van der Waals surface area contributed by atoms with Gasteiger partial charge < -0.3 is 5.32 Å². The maximum Gasteiger partial charge on any atom is 0.320 e. The summed E-state index contributed by atoms with van der Waals surface area (Å²) in [5.74, 6) is -1.02. The predicted octanol–water partition coefficient (Wildman–Crippen LogP) is 2.85. The third kappa shape index (κ3) is 2.87. The Balaban J connectivity index is 1.76. The van der Waals surface area contributed by atoms with E-state index in [0.29, 0.717) is 0 Å². The number of aromatic amines is 1. The Labute approximate surface area is 136 Å². The average Bonchev–Trinajstić information content (AvgIpc) is 3.02. The van der Waals surface area contributed by atoms with E-state index in [-0.39, 0.29) is 28.5 Å². The molecule has 2 aromatic heterocycles. The van der Waals surface area contributed by atoms with E-state index in [2.05, 4.69) is 25.8 Å². The predicted molar refractivity (Wildman–Crippen MR) is 85.6 cm³/mol. The standard InChI is InChI=1S/C16H13FN6O/c1-9(10-5-3-2-4-6-10)20-16(24)21-15-13(17)14-11(8-19-15)12(7-18)22-23-14/h2-6,8-9H,1H3,(H,22,23)(H2,19,20,21,24). The number of urea groups is 1. The molecule has 0 fully saturated rings. The molecule has 0 bridgehead atoms. The van der Waals surface area contributed by atoms with Crippen LogP contribution >= 0.6 is 0 Å². The summed E-state index contributed by atoms with van der Waals surface area (Å²) < 4.78 is 14.4. The summed E-state index contributed by atoms with van der Waals surface area (Å²) >= 11 is 0. The van der Waals surface area contributed by atoms with Gasteiger partial charge in [-0.15, -0.1) is 0 Å². The van der Waals surface area contributed by atoms with Crippen molar-refractivity contribution in [1.82, 2.24) is 20.5 Å². The average molecular weight is 324 g/mol. The number of rotatable bonds is 3. The van der Waals surface area contributed by atoms with Gasteiger partial charge in [0.25, 0.3) is 0 Å². The SMILES string of the molecule is CC(NC(=O)Nc1ncc2c(C#N)n[nH]c2c1F)c1ccccc1. The molecule has 0 aliphatic carbocycles. The van der Waals surface area contributed by atoms with Crippen molar-refractivity contribution in [2.45, 2.75) is 13.0 Å². The third-order valence-electron chi connectivity index (χ3n) is 3.54. The van der Waals surface area contributed by atoms with Crippen LogP contribution in [0.4, 0.5) is 15.0 Å². The van der Waals surface area contributed by atoms with Gasteiger partial charge in [0.1, 0.15) is 11.6 Å². The number of amides is 2. The van der Waals surface area contributed by atoms with Gasteiger partial charge in [0, 0.05) is 6.20 Å². The van der Waals surface area contributed by atoms with E-state index in [1.807, 2.05) is 43.3 Å². The van der Waals surface area contributed by atoms with Gasteiger partial charge in [0.2, 0.25) is 0 Å². The summed E-state index contributed by atoms with van der Waals surface area (Å²) in [7, 11) is 0. The highest BCUT2D eigenvalue weighted by Crippen LogP contribution is 2.22. The summed E-state index contributed by atoms with van der Waals surface area (Å²) in [4.78, 5) is 15.9. The van der Waals surface area contributed by atoms with Gasteiger partial charge in [-0.3, -0.25) is 10.4 Å². The van der Waals surface area contributed by atoms with Crippen LogP contribution < -0.4 is 10.6 Å². The van der Waals surface area contributed by atoms with Gasteiger partial charge in [0.15, 0.2) is 17.3 Å². The van der Waals surface area contributed by atoms with Crippen LogP contribution in [0.25, 0.3) is 10.9 Å². The number of pyridine rings is 1. The summed E-state index contributed by atoms with van der Waals surface area (Å²) in [5.41, 5.74) is 0.988. The molecule has 24 heavy (non-hydrogen) atoms. The molecule has 0 spiro atoms. The Bertz CT molecular complexity index is 931. The zero-order chi connectivity index (χ0) is 17.1. The largest absolute Gasteiger partial charge is 0.331 e. The zero-order valence-corrected chi connectivity index (χ0v) is 12.7. The lowest BCUT2D eigenvalue weighted by Crippen LogP contribution is -2.31. The molecule has 3 aromatic rings. The second-order valence-electron chi connectivity index (χ2n) is 5.12. The van der Waals surface area contributed by atoms with E-state index in [1.54, 1.807) is 0 Å². The number of hydrogen-bond acceptors (Lipinski definition) is 4. The number of benzene rings is 1. The van der Waals surface area contributed by atoms with Crippen LogP contribution in [0.3, 0.4) is 0 Å². The van der Waals surface area contributed by atoms with Gasteiger partial charge in [-0.25, -0.2) is 14.2 Å². The van der Waals surface area contributed by atoms with E-state index in [0.717, 1.165) is 5.56 Å². The minimum absolute atomic E-state index is 0.0213. The second-order valence-corrected chi connectivity index (χ2v) is 5.12. The van der Waals surface area contributed by atoms with Crippen LogP contribution in [0.15, 0.2) is 36.5 Å². The molecule has 1 atom stereocenters. The molecule has 0 saturated heterocycles. The smallest absolute Gasteiger partial charge is 0.320 e. The quantitative estimate of drug-likeness (QED) is 0.688.